The van der Waals surface area contributed by atoms with Crippen LogP contribution in [0.2, 0.25) is 0 Å². The summed E-state index contributed by atoms with van der Waals surface area (Å²) in [6.07, 6.45) is -3.37. The van der Waals surface area contributed by atoms with E-state index in [0.29, 0.717) is 18.8 Å². The fraction of sp³-hybridized carbons (Fsp3) is 1.00. The van der Waals surface area contributed by atoms with Crippen LogP contribution in [0.5, 0.6) is 0 Å². The third kappa shape index (κ3) is 7.20. The second-order valence-electron chi connectivity index (χ2n) is 3.66. The summed E-state index contributed by atoms with van der Waals surface area (Å²) in [5.41, 5.74) is 0. The van der Waals surface area contributed by atoms with Crippen molar-refractivity contribution < 1.29 is 29.9 Å². The molecule has 0 aliphatic rings. The summed E-state index contributed by atoms with van der Waals surface area (Å²) in [5.74, 6) is 0.648. The second-order valence-corrected chi connectivity index (χ2v) is 4.11. The standard InChI is InChI=1S/C10H22O6S/c1-7(13)10(15-3-2-4-17)16-9(6-12)8(14)5-11/h7-14,17H,2-6H2,1H3/t7-,8+,9?,10+/m0/s1. The number of aliphatic hydroxyl groups excluding tert-OH is 4. The SMILES string of the molecule is C[C@H](O)[C@H](OCCCS)OC(CO)[C@H](O)CO. The molecule has 0 aromatic heterocycles. The molecule has 0 heterocycles. The van der Waals surface area contributed by atoms with Gasteiger partial charge in [0.05, 0.1) is 19.8 Å². The monoisotopic (exact) mass is 270 g/mol. The Bertz CT molecular complexity index is 180. The Morgan fingerprint density at radius 1 is 1.18 bits per heavy atom. The molecule has 0 aliphatic heterocycles. The Morgan fingerprint density at radius 2 is 1.82 bits per heavy atom. The lowest BCUT2D eigenvalue weighted by molar-refractivity contribution is -0.235. The molecule has 0 bridgehead atoms. The second kappa shape index (κ2) is 10.1. The van der Waals surface area contributed by atoms with E-state index in [1.54, 1.807) is 0 Å². The van der Waals surface area contributed by atoms with Gasteiger partial charge in [0.15, 0.2) is 6.29 Å². The number of rotatable bonds is 10. The Morgan fingerprint density at radius 3 is 2.24 bits per heavy atom. The number of aliphatic hydroxyl groups is 4. The van der Waals surface area contributed by atoms with Crippen LogP contribution in [0.15, 0.2) is 0 Å². The van der Waals surface area contributed by atoms with Gasteiger partial charge < -0.3 is 29.9 Å². The molecule has 0 aromatic carbocycles. The molecule has 0 aliphatic carbocycles. The number of hydrogen-bond acceptors (Lipinski definition) is 7. The lowest BCUT2D eigenvalue weighted by atomic mass is 10.2. The van der Waals surface area contributed by atoms with Crippen molar-refractivity contribution in [1.29, 1.82) is 0 Å². The topological polar surface area (TPSA) is 99.4 Å². The average Bonchev–Trinajstić information content (AvgIpc) is 2.32. The van der Waals surface area contributed by atoms with Crippen LogP contribution in [-0.2, 0) is 9.47 Å². The average molecular weight is 270 g/mol. The third-order valence-corrected chi connectivity index (χ3v) is 2.40. The lowest BCUT2D eigenvalue weighted by Crippen LogP contribution is -2.42. The first kappa shape index (κ1) is 17.1. The van der Waals surface area contributed by atoms with E-state index in [4.69, 9.17) is 19.7 Å². The van der Waals surface area contributed by atoms with Crippen molar-refractivity contribution in [1.82, 2.24) is 0 Å². The first-order valence-electron chi connectivity index (χ1n) is 5.52. The molecular weight excluding hydrogens is 248 g/mol. The molecule has 0 spiro atoms. The van der Waals surface area contributed by atoms with Gasteiger partial charge in [0.1, 0.15) is 18.3 Å². The molecule has 6 nitrogen and oxygen atoms in total. The highest BCUT2D eigenvalue weighted by molar-refractivity contribution is 7.80. The molecule has 4 atom stereocenters. The predicted octanol–water partition coefficient (Wildman–Crippen LogP) is -1.24. The summed E-state index contributed by atoms with van der Waals surface area (Å²) in [7, 11) is 0. The zero-order valence-electron chi connectivity index (χ0n) is 9.90. The number of ether oxygens (including phenoxy) is 2. The van der Waals surface area contributed by atoms with Gasteiger partial charge in [0.25, 0.3) is 0 Å². The van der Waals surface area contributed by atoms with E-state index in [0.717, 1.165) is 0 Å². The smallest absolute Gasteiger partial charge is 0.183 e. The van der Waals surface area contributed by atoms with Crippen LogP contribution >= 0.6 is 12.6 Å². The zero-order valence-corrected chi connectivity index (χ0v) is 10.8. The van der Waals surface area contributed by atoms with Crippen LogP contribution < -0.4 is 0 Å². The highest BCUT2D eigenvalue weighted by Crippen LogP contribution is 2.09. The molecule has 1 unspecified atom stereocenters. The van der Waals surface area contributed by atoms with Crippen LogP contribution in [0.4, 0.5) is 0 Å². The number of thiol groups is 1. The molecule has 0 saturated carbocycles. The van der Waals surface area contributed by atoms with Gasteiger partial charge in [-0.1, -0.05) is 0 Å². The zero-order chi connectivity index (χ0) is 13.3. The third-order valence-electron chi connectivity index (χ3n) is 2.08. The van der Waals surface area contributed by atoms with Gasteiger partial charge in [-0.3, -0.25) is 0 Å². The maximum Gasteiger partial charge on any atom is 0.183 e. The molecule has 4 N–H and O–H groups in total. The van der Waals surface area contributed by atoms with Crippen molar-refractivity contribution in [2.75, 3.05) is 25.6 Å². The molecule has 0 fully saturated rings. The summed E-state index contributed by atoms with van der Waals surface area (Å²) >= 11 is 4.01. The van der Waals surface area contributed by atoms with E-state index in [1.165, 1.54) is 6.92 Å². The normalized spacial score (nSPS) is 18.7. The molecule has 0 radical (unpaired) electrons. The van der Waals surface area contributed by atoms with Crippen LogP contribution in [0.25, 0.3) is 0 Å². The first-order valence-corrected chi connectivity index (χ1v) is 6.15. The summed E-state index contributed by atoms with van der Waals surface area (Å²) < 4.78 is 10.4. The fourth-order valence-electron chi connectivity index (χ4n) is 1.10. The maximum atomic E-state index is 9.42. The van der Waals surface area contributed by atoms with E-state index in [-0.39, 0.29) is 0 Å². The van der Waals surface area contributed by atoms with Crippen molar-refractivity contribution in [2.24, 2.45) is 0 Å². The van der Waals surface area contributed by atoms with E-state index in [2.05, 4.69) is 12.6 Å². The van der Waals surface area contributed by atoms with Crippen LogP contribution in [-0.4, -0.2) is 70.6 Å². The fourth-order valence-corrected chi connectivity index (χ4v) is 1.23. The maximum absolute atomic E-state index is 9.42. The van der Waals surface area contributed by atoms with Gasteiger partial charge in [0.2, 0.25) is 0 Å². The molecule has 17 heavy (non-hydrogen) atoms. The highest BCUT2D eigenvalue weighted by atomic mass is 32.1. The van der Waals surface area contributed by atoms with E-state index < -0.39 is 37.8 Å². The minimum atomic E-state index is -1.21. The minimum absolute atomic E-state index is 0.354. The van der Waals surface area contributed by atoms with Gasteiger partial charge in [0, 0.05) is 0 Å². The van der Waals surface area contributed by atoms with Crippen LogP contribution in [0.3, 0.4) is 0 Å². The molecule has 0 aromatic rings. The molecule has 0 rings (SSSR count). The van der Waals surface area contributed by atoms with Crippen molar-refractivity contribution in [3.8, 4) is 0 Å². The molecule has 7 heteroatoms. The van der Waals surface area contributed by atoms with Gasteiger partial charge in [-0.05, 0) is 19.1 Å². The Kier molecular flexibility index (Phi) is 10.1. The van der Waals surface area contributed by atoms with Crippen LogP contribution in [0.1, 0.15) is 13.3 Å². The van der Waals surface area contributed by atoms with Gasteiger partial charge in [-0.15, -0.1) is 0 Å². The molecule has 104 valence electrons. The summed E-state index contributed by atoms with van der Waals surface area (Å²) in [6, 6.07) is 0. The van der Waals surface area contributed by atoms with Gasteiger partial charge >= 0.3 is 0 Å². The minimum Gasteiger partial charge on any atom is -0.394 e. The Labute approximate surface area is 107 Å². The quantitative estimate of drug-likeness (QED) is 0.193. The summed E-state index contributed by atoms with van der Waals surface area (Å²) in [6.45, 7) is 0.826. The Balaban J connectivity index is 4.20. The van der Waals surface area contributed by atoms with Gasteiger partial charge in [-0.25, -0.2) is 0 Å². The van der Waals surface area contributed by atoms with E-state index in [9.17, 15) is 10.2 Å². The van der Waals surface area contributed by atoms with Crippen molar-refractivity contribution in [3.63, 3.8) is 0 Å². The van der Waals surface area contributed by atoms with Crippen molar-refractivity contribution >= 4 is 12.6 Å². The molecule has 0 saturated heterocycles. The van der Waals surface area contributed by atoms with E-state index >= 15 is 0 Å². The van der Waals surface area contributed by atoms with Crippen molar-refractivity contribution in [3.05, 3.63) is 0 Å². The largest absolute Gasteiger partial charge is 0.394 e. The predicted molar refractivity (Wildman–Crippen MR) is 64.9 cm³/mol. The first-order chi connectivity index (χ1) is 8.06. The van der Waals surface area contributed by atoms with Crippen molar-refractivity contribution in [2.45, 2.75) is 37.9 Å². The summed E-state index contributed by atoms with van der Waals surface area (Å²) in [5, 5.41) is 36.5. The summed E-state index contributed by atoms with van der Waals surface area (Å²) in [4.78, 5) is 0. The highest BCUT2D eigenvalue weighted by Gasteiger charge is 2.25. The van der Waals surface area contributed by atoms with E-state index in [1.807, 2.05) is 0 Å². The Hall–Kier alpha value is 0.110. The molecular formula is C10H22O6S. The van der Waals surface area contributed by atoms with Crippen LogP contribution in [0, 0.1) is 0 Å². The number of hydrogen-bond donors (Lipinski definition) is 5. The lowest BCUT2D eigenvalue weighted by Gasteiger charge is -2.27. The molecule has 0 amide bonds. The van der Waals surface area contributed by atoms with Gasteiger partial charge in [-0.2, -0.15) is 12.6 Å².